The highest BCUT2D eigenvalue weighted by molar-refractivity contribution is 5.85. The fourth-order valence-corrected chi connectivity index (χ4v) is 8.18. The molecule has 1 aromatic carbocycles. The number of allylic oxidation sites excluding steroid dienone is 25. The molecule has 0 spiro atoms. The molecule has 6 rings (SSSR count). The van der Waals surface area contributed by atoms with Gasteiger partial charge in [-0.05, 0) is 170 Å². The van der Waals surface area contributed by atoms with Gasteiger partial charge >= 0.3 is 0 Å². The lowest BCUT2D eigenvalue weighted by molar-refractivity contribution is 0.261. The lowest BCUT2D eigenvalue weighted by Crippen LogP contribution is -2.19. The van der Waals surface area contributed by atoms with Crippen molar-refractivity contribution >= 4 is 18.0 Å². The van der Waals surface area contributed by atoms with E-state index in [1.807, 2.05) is 104 Å². The van der Waals surface area contributed by atoms with Crippen LogP contribution in [-0.2, 0) is 4.74 Å². The summed E-state index contributed by atoms with van der Waals surface area (Å²) in [5.74, 6) is 0.567. The number of hydrogen-bond acceptors (Lipinski definition) is 6. The topological polar surface area (TPSA) is 76.1 Å². The van der Waals surface area contributed by atoms with Crippen LogP contribution in [0.15, 0.2) is 314 Å². The normalized spacial score (nSPS) is 19.1. The Bertz CT molecular complexity index is 3220. The van der Waals surface area contributed by atoms with Crippen LogP contribution in [0.1, 0.15) is 53.0 Å². The van der Waals surface area contributed by atoms with Crippen molar-refractivity contribution in [1.29, 1.82) is 0 Å². The highest BCUT2D eigenvalue weighted by atomic mass is 16.5. The van der Waals surface area contributed by atoms with E-state index in [-0.39, 0.29) is 12.5 Å². The van der Waals surface area contributed by atoms with Gasteiger partial charge in [-0.2, -0.15) is 0 Å². The molecule has 6 nitrogen and oxygen atoms in total. The van der Waals surface area contributed by atoms with Crippen molar-refractivity contribution in [3.63, 3.8) is 0 Å². The van der Waals surface area contributed by atoms with E-state index in [1.54, 1.807) is 24.7 Å². The summed E-state index contributed by atoms with van der Waals surface area (Å²) in [6.07, 6.45) is 52.8. The third kappa shape index (κ3) is 15.0. The summed E-state index contributed by atoms with van der Waals surface area (Å²) in [6.45, 7) is 24.3. The van der Waals surface area contributed by atoms with Crippen molar-refractivity contribution in [2.24, 2.45) is 21.6 Å². The average molecular weight is 956 g/mol. The predicted molar refractivity (Wildman–Crippen MR) is 310 cm³/mol. The van der Waals surface area contributed by atoms with Gasteiger partial charge in [-0.25, -0.2) is 4.99 Å². The van der Waals surface area contributed by atoms with Crippen molar-refractivity contribution in [1.82, 2.24) is 9.88 Å². The number of aliphatic imine (C=N–C) groups is 2. The summed E-state index contributed by atoms with van der Waals surface area (Å²) in [4.78, 5) is 16.4. The number of hydrogen-bond donors (Lipinski definition) is 1. The standard InChI is InChI=1S/C67H65N5O/c1-9-12-21-44-69-49-65-54(8)53(7)57-36-38-59(39-40-60(48-57)73-47-42-64(65)67-29-17-14-22-45-70-67)72(52(6)33-35-55(24-10-2)62-27-18-19-28-63(62)66-30-20-23-46-71-66)58(11-3)37-32-51(5)61-26-16-13-15-25-56(61)34-31-50(4)41-43-68/h9,11-12,14-28,30-33,35-37,39-46,51H,1,6-7,10,34,47,49,68H2,2-5,8H3/b21-12-,35-33-,37-32-,40-39-,43-41-,50-31?,55-24?,58-11+,64-42+,65-54-,69-44?. The summed E-state index contributed by atoms with van der Waals surface area (Å²) in [6, 6.07) is 14.4. The van der Waals surface area contributed by atoms with E-state index in [1.165, 1.54) is 11.1 Å². The first-order chi connectivity index (χ1) is 35.7. The maximum absolute atomic E-state index is 6.54. The van der Waals surface area contributed by atoms with Crippen LogP contribution < -0.4 is 5.73 Å². The number of ether oxygens (including phenoxy) is 1. The lowest BCUT2D eigenvalue weighted by Gasteiger charge is -2.27. The molecule has 6 heteroatoms. The van der Waals surface area contributed by atoms with Gasteiger partial charge in [-0.3, -0.25) is 9.98 Å². The minimum Gasteiger partial charge on any atom is -0.482 e. The molecule has 0 fully saturated rings. The first-order valence-electron chi connectivity index (χ1n) is 24.6. The number of rotatable bonds is 19. The molecule has 364 valence electrons. The van der Waals surface area contributed by atoms with E-state index in [4.69, 9.17) is 32.0 Å². The van der Waals surface area contributed by atoms with Crippen LogP contribution in [0.3, 0.4) is 0 Å². The highest BCUT2D eigenvalue weighted by Crippen LogP contribution is 2.34. The Morgan fingerprint density at radius 2 is 1.82 bits per heavy atom. The molecule has 73 heavy (non-hydrogen) atoms. The second-order valence-corrected chi connectivity index (χ2v) is 17.0. The number of aromatic nitrogens is 1. The summed E-state index contributed by atoms with van der Waals surface area (Å²) < 4.78 is 6.54. The van der Waals surface area contributed by atoms with Gasteiger partial charge in [0, 0.05) is 46.7 Å². The van der Waals surface area contributed by atoms with Crippen molar-refractivity contribution in [2.45, 2.75) is 47.5 Å². The summed E-state index contributed by atoms with van der Waals surface area (Å²) in [5.41, 5.74) is 34.2. The maximum atomic E-state index is 6.54. The maximum Gasteiger partial charge on any atom is 0.163 e. The van der Waals surface area contributed by atoms with Gasteiger partial charge in [0.15, 0.2) is 5.76 Å². The van der Waals surface area contributed by atoms with Gasteiger partial charge < -0.3 is 15.4 Å². The van der Waals surface area contributed by atoms with Crippen molar-refractivity contribution < 1.29 is 4.74 Å². The highest BCUT2D eigenvalue weighted by Gasteiger charge is 2.20. The van der Waals surface area contributed by atoms with E-state index >= 15 is 0 Å². The monoisotopic (exact) mass is 956 g/mol. The largest absolute Gasteiger partial charge is 0.482 e. The number of nitrogens with zero attached hydrogens (tertiary/aromatic N) is 4. The third-order valence-corrected chi connectivity index (χ3v) is 12.1. The Morgan fingerprint density at radius 1 is 0.986 bits per heavy atom. The molecule has 1 unspecified atom stereocenters. The molecule has 1 aromatic heterocycles. The zero-order valence-electron chi connectivity index (χ0n) is 42.9. The zero-order valence-corrected chi connectivity index (χ0v) is 42.9. The van der Waals surface area contributed by atoms with Crippen LogP contribution in [0.25, 0.3) is 16.8 Å². The van der Waals surface area contributed by atoms with E-state index in [2.05, 4.69) is 148 Å². The predicted octanol–water partition coefficient (Wildman–Crippen LogP) is 15.7. The summed E-state index contributed by atoms with van der Waals surface area (Å²) >= 11 is 0. The van der Waals surface area contributed by atoms with Crippen LogP contribution in [0.5, 0.6) is 0 Å². The molecular weight excluding hydrogens is 891 g/mol. The Balaban J connectivity index is 1.47. The molecule has 4 aliphatic rings. The van der Waals surface area contributed by atoms with E-state index < -0.39 is 0 Å². The van der Waals surface area contributed by atoms with Gasteiger partial charge in [-0.15, -0.1) is 5.73 Å². The van der Waals surface area contributed by atoms with Gasteiger partial charge in [0.1, 0.15) is 12.3 Å². The molecule has 2 aliphatic heterocycles. The van der Waals surface area contributed by atoms with Gasteiger partial charge in [-0.1, -0.05) is 147 Å². The minimum absolute atomic E-state index is 0.0385. The van der Waals surface area contributed by atoms with E-state index in [0.717, 1.165) is 74.5 Å². The molecule has 3 heterocycles. The molecule has 0 saturated heterocycles. The van der Waals surface area contributed by atoms with Crippen LogP contribution >= 0.6 is 0 Å². The average Bonchev–Trinajstić information content (AvgIpc) is 3.83. The Kier molecular flexibility index (Phi) is 20.5. The smallest absolute Gasteiger partial charge is 0.163 e. The van der Waals surface area contributed by atoms with Gasteiger partial charge in [0.25, 0.3) is 0 Å². The van der Waals surface area contributed by atoms with E-state index in [0.29, 0.717) is 29.3 Å². The molecule has 0 saturated carbocycles. The molecule has 2 N–H and O–H groups in total. The molecule has 0 amide bonds. The van der Waals surface area contributed by atoms with Crippen molar-refractivity contribution in [2.75, 3.05) is 13.2 Å². The van der Waals surface area contributed by atoms with Crippen LogP contribution in [-0.4, -0.2) is 35.5 Å². The summed E-state index contributed by atoms with van der Waals surface area (Å²) in [7, 11) is 0. The fourth-order valence-electron chi connectivity index (χ4n) is 8.18. The molecule has 2 bridgehead atoms. The second-order valence-electron chi connectivity index (χ2n) is 17.0. The Morgan fingerprint density at radius 3 is 2.62 bits per heavy atom. The Labute approximate surface area is 434 Å². The number of pyridine rings is 1. The lowest BCUT2D eigenvalue weighted by atomic mass is 9.90. The Hall–Kier alpha value is -8.97. The SMILES string of the molecule is C=C/C=C\C=NCC1=C(\C)C(=C)C2=C=C(/C=C\C(N(C(=C)/C=C\C(=CCC)c3ccccc3-c3ccccn3)C(/C=C\C(C)C3=CC=C=CC=C3CC=C(C)/C=C\N)=C/C)=C=C2)OC/C=C\1C1=C=CC=CC=N1. The van der Waals surface area contributed by atoms with Gasteiger partial charge in [0.2, 0.25) is 0 Å². The molecular formula is C67H65N5O. The first kappa shape index (κ1) is 53.4. The minimum atomic E-state index is 0.0385. The van der Waals surface area contributed by atoms with Crippen LogP contribution in [0.2, 0.25) is 0 Å². The number of nitrogens with two attached hydrogens (primary N) is 1. The van der Waals surface area contributed by atoms with E-state index in [9.17, 15) is 0 Å². The first-order valence-corrected chi connectivity index (χ1v) is 24.6. The molecule has 2 aliphatic carbocycles. The van der Waals surface area contributed by atoms with Crippen molar-refractivity contribution in [3.8, 4) is 11.3 Å². The zero-order chi connectivity index (χ0) is 51.8. The third-order valence-electron chi connectivity index (χ3n) is 12.1. The molecule has 1 atom stereocenters. The molecule has 0 radical (unpaired) electrons. The number of benzene rings is 1. The van der Waals surface area contributed by atoms with Gasteiger partial charge in [0.05, 0.1) is 17.9 Å². The fraction of sp³-hybridized carbons (Fsp3) is 0.149. The molecule has 2 aromatic rings. The quantitative estimate of drug-likeness (QED) is 0.0865. The van der Waals surface area contributed by atoms with Crippen LogP contribution in [0.4, 0.5) is 0 Å². The second kappa shape index (κ2) is 28.0. The summed E-state index contributed by atoms with van der Waals surface area (Å²) in [5, 5.41) is 0. The van der Waals surface area contributed by atoms with Crippen molar-refractivity contribution in [3.05, 3.63) is 310 Å². The van der Waals surface area contributed by atoms with Crippen LogP contribution in [0, 0.1) is 5.92 Å².